The molecule has 0 aliphatic rings. The van der Waals surface area contributed by atoms with E-state index in [2.05, 4.69) is 40.0 Å². The van der Waals surface area contributed by atoms with E-state index in [0.29, 0.717) is 25.0 Å². The van der Waals surface area contributed by atoms with Gasteiger partial charge in [0.25, 0.3) is 0 Å². The number of carbonyl (C=O) groups is 1. The molecule has 0 aliphatic carbocycles. The van der Waals surface area contributed by atoms with Crippen molar-refractivity contribution in [3.8, 4) is 0 Å². The number of benzene rings is 1. The quantitative estimate of drug-likeness (QED) is 0.424. The van der Waals surface area contributed by atoms with Gasteiger partial charge in [0.1, 0.15) is 5.60 Å². The van der Waals surface area contributed by atoms with Crippen LogP contribution in [0.15, 0.2) is 35.3 Å². The molecule has 1 rings (SSSR count). The van der Waals surface area contributed by atoms with Crippen LogP contribution in [0.4, 0.5) is 4.79 Å². The Morgan fingerprint density at radius 3 is 2.33 bits per heavy atom. The summed E-state index contributed by atoms with van der Waals surface area (Å²) in [5.41, 5.74) is 0.801. The van der Waals surface area contributed by atoms with Gasteiger partial charge in [0.2, 0.25) is 0 Å². The van der Waals surface area contributed by atoms with Gasteiger partial charge in [-0.3, -0.25) is 4.99 Å². The van der Waals surface area contributed by atoms with Crippen molar-refractivity contribution in [2.75, 3.05) is 26.7 Å². The molecule has 0 bridgehead atoms. The van der Waals surface area contributed by atoms with E-state index in [4.69, 9.17) is 4.74 Å². The number of nitrogens with zero attached hydrogens (tertiary/aromatic N) is 1. The molecular formula is C18H30N4O2. The van der Waals surface area contributed by atoms with Gasteiger partial charge >= 0.3 is 6.09 Å². The second-order valence-electron chi connectivity index (χ2n) is 6.62. The molecule has 24 heavy (non-hydrogen) atoms. The van der Waals surface area contributed by atoms with Gasteiger partial charge in [0, 0.05) is 26.7 Å². The van der Waals surface area contributed by atoms with Crippen LogP contribution in [0.2, 0.25) is 0 Å². The van der Waals surface area contributed by atoms with Gasteiger partial charge in [-0.25, -0.2) is 4.79 Å². The molecule has 0 aliphatic heterocycles. The molecule has 0 saturated carbocycles. The summed E-state index contributed by atoms with van der Waals surface area (Å²) in [5, 5.41) is 9.15. The van der Waals surface area contributed by atoms with Gasteiger partial charge in [-0.05, 0) is 32.3 Å². The number of hydrogen-bond acceptors (Lipinski definition) is 3. The minimum atomic E-state index is -0.483. The Hall–Kier alpha value is -2.24. The molecule has 1 amide bonds. The number of nitrogens with one attached hydrogen (secondary N) is 3. The number of carbonyl (C=O) groups excluding carboxylic acids is 1. The summed E-state index contributed by atoms with van der Waals surface area (Å²) >= 11 is 0. The molecule has 1 atom stereocenters. The Bertz CT molecular complexity index is 524. The van der Waals surface area contributed by atoms with Gasteiger partial charge in [-0.2, -0.15) is 0 Å². The summed E-state index contributed by atoms with van der Waals surface area (Å²) in [4.78, 5) is 15.7. The summed E-state index contributed by atoms with van der Waals surface area (Å²) in [6.07, 6.45) is -0.412. The Morgan fingerprint density at radius 1 is 1.12 bits per heavy atom. The van der Waals surface area contributed by atoms with E-state index < -0.39 is 11.7 Å². The predicted molar refractivity (Wildman–Crippen MR) is 98.5 cm³/mol. The second-order valence-corrected chi connectivity index (χ2v) is 6.62. The molecule has 3 N–H and O–H groups in total. The highest BCUT2D eigenvalue weighted by Gasteiger charge is 2.15. The molecule has 0 aromatic heterocycles. The number of rotatable bonds is 6. The molecule has 6 heteroatoms. The third kappa shape index (κ3) is 8.41. The van der Waals surface area contributed by atoms with E-state index in [1.807, 2.05) is 39.0 Å². The van der Waals surface area contributed by atoms with Crippen LogP contribution in [0.3, 0.4) is 0 Å². The Morgan fingerprint density at radius 2 is 1.75 bits per heavy atom. The summed E-state index contributed by atoms with van der Waals surface area (Å²) < 4.78 is 5.18. The average molecular weight is 334 g/mol. The smallest absolute Gasteiger partial charge is 0.407 e. The van der Waals surface area contributed by atoms with Crippen molar-refractivity contribution < 1.29 is 9.53 Å². The third-order valence-corrected chi connectivity index (χ3v) is 3.25. The second kappa shape index (κ2) is 9.80. The largest absolute Gasteiger partial charge is 0.444 e. The Labute approximate surface area is 145 Å². The maximum Gasteiger partial charge on any atom is 0.407 e. The van der Waals surface area contributed by atoms with E-state index >= 15 is 0 Å². The van der Waals surface area contributed by atoms with Crippen LogP contribution in [0, 0.1) is 0 Å². The van der Waals surface area contributed by atoms with Crippen LogP contribution in [0.1, 0.15) is 39.2 Å². The first kappa shape index (κ1) is 19.8. The van der Waals surface area contributed by atoms with Crippen molar-refractivity contribution in [2.24, 2.45) is 4.99 Å². The summed E-state index contributed by atoms with van der Waals surface area (Å²) in [6.45, 7) is 9.49. The lowest BCUT2D eigenvalue weighted by atomic mass is 10.0. The Kier molecular flexibility index (Phi) is 8.09. The summed E-state index contributed by atoms with van der Waals surface area (Å²) in [7, 11) is 1.73. The summed E-state index contributed by atoms with van der Waals surface area (Å²) in [5.74, 6) is 1.09. The lowest BCUT2D eigenvalue weighted by Gasteiger charge is -2.20. The fourth-order valence-electron chi connectivity index (χ4n) is 2.03. The van der Waals surface area contributed by atoms with Crippen LogP contribution in [0.5, 0.6) is 0 Å². The first-order valence-electron chi connectivity index (χ1n) is 8.28. The number of hydrogen-bond donors (Lipinski definition) is 3. The molecule has 0 saturated heterocycles. The van der Waals surface area contributed by atoms with Gasteiger partial charge in [-0.15, -0.1) is 0 Å². The van der Waals surface area contributed by atoms with Gasteiger partial charge in [0.15, 0.2) is 5.96 Å². The minimum Gasteiger partial charge on any atom is -0.444 e. The lowest BCUT2D eigenvalue weighted by molar-refractivity contribution is 0.0529. The van der Waals surface area contributed by atoms with Gasteiger partial charge < -0.3 is 20.7 Å². The average Bonchev–Trinajstić information content (AvgIpc) is 2.53. The minimum absolute atomic E-state index is 0.379. The van der Waals surface area contributed by atoms with Crippen molar-refractivity contribution in [2.45, 2.75) is 39.2 Å². The zero-order chi connectivity index (χ0) is 18.0. The number of ether oxygens (including phenoxy) is 1. The van der Waals surface area contributed by atoms with E-state index in [-0.39, 0.29) is 0 Å². The van der Waals surface area contributed by atoms with Crippen LogP contribution >= 0.6 is 0 Å². The van der Waals surface area contributed by atoms with Gasteiger partial charge in [0.05, 0.1) is 0 Å². The molecule has 0 heterocycles. The topological polar surface area (TPSA) is 74.8 Å². The lowest BCUT2D eigenvalue weighted by Crippen LogP contribution is -2.43. The maximum absolute atomic E-state index is 11.5. The summed E-state index contributed by atoms with van der Waals surface area (Å²) in [6, 6.07) is 10.3. The highest BCUT2D eigenvalue weighted by atomic mass is 16.6. The predicted octanol–water partition coefficient (Wildman–Crippen LogP) is 2.48. The molecule has 1 unspecified atom stereocenters. The zero-order valence-corrected chi connectivity index (χ0v) is 15.3. The highest BCUT2D eigenvalue weighted by Crippen LogP contribution is 2.12. The van der Waals surface area contributed by atoms with Gasteiger partial charge in [-0.1, -0.05) is 37.3 Å². The van der Waals surface area contributed by atoms with Crippen molar-refractivity contribution in [1.29, 1.82) is 0 Å². The van der Waals surface area contributed by atoms with Crippen LogP contribution < -0.4 is 16.0 Å². The van der Waals surface area contributed by atoms with Crippen molar-refractivity contribution in [3.63, 3.8) is 0 Å². The number of amides is 1. The molecule has 134 valence electrons. The molecule has 1 aromatic carbocycles. The normalized spacial score (nSPS) is 13.1. The van der Waals surface area contributed by atoms with Crippen molar-refractivity contribution in [3.05, 3.63) is 35.9 Å². The number of aliphatic imine (C=N–C) groups is 1. The number of alkyl carbamates (subject to hydrolysis) is 1. The van der Waals surface area contributed by atoms with E-state index in [1.54, 1.807) is 7.05 Å². The molecule has 0 spiro atoms. The van der Waals surface area contributed by atoms with Crippen LogP contribution in [-0.2, 0) is 4.74 Å². The SMILES string of the molecule is CN=C(NCCNC(=O)OC(C)(C)C)NCC(C)c1ccccc1. The highest BCUT2D eigenvalue weighted by molar-refractivity contribution is 5.79. The molecule has 0 radical (unpaired) electrons. The van der Waals surface area contributed by atoms with Crippen LogP contribution in [0.25, 0.3) is 0 Å². The van der Waals surface area contributed by atoms with Crippen molar-refractivity contribution in [1.82, 2.24) is 16.0 Å². The fraction of sp³-hybridized carbons (Fsp3) is 0.556. The van der Waals surface area contributed by atoms with E-state index in [1.165, 1.54) is 5.56 Å². The standard InChI is InChI=1S/C18H30N4O2/c1-14(15-9-7-6-8-10-15)13-22-16(19-5)20-11-12-21-17(23)24-18(2,3)4/h6-10,14H,11-13H2,1-5H3,(H,21,23)(H2,19,20,22). The molecule has 0 fully saturated rings. The van der Waals surface area contributed by atoms with E-state index in [9.17, 15) is 4.79 Å². The maximum atomic E-state index is 11.5. The van der Waals surface area contributed by atoms with Crippen molar-refractivity contribution >= 4 is 12.1 Å². The van der Waals surface area contributed by atoms with E-state index in [0.717, 1.165) is 6.54 Å². The third-order valence-electron chi connectivity index (χ3n) is 3.25. The fourth-order valence-corrected chi connectivity index (χ4v) is 2.03. The Balaban J connectivity index is 2.25. The molecule has 1 aromatic rings. The monoisotopic (exact) mass is 334 g/mol. The first-order chi connectivity index (χ1) is 11.3. The zero-order valence-electron chi connectivity index (χ0n) is 15.3. The first-order valence-corrected chi connectivity index (χ1v) is 8.28. The van der Waals surface area contributed by atoms with Crippen LogP contribution in [-0.4, -0.2) is 44.3 Å². The molecule has 6 nitrogen and oxygen atoms in total. The molecular weight excluding hydrogens is 304 g/mol. The number of guanidine groups is 1.